The van der Waals surface area contributed by atoms with Crippen LogP contribution in [-0.2, 0) is 4.79 Å². The Labute approximate surface area is 127 Å². The van der Waals surface area contributed by atoms with Crippen LogP contribution in [0, 0.1) is 11.8 Å². The maximum Gasteiger partial charge on any atom is 0.243 e. The largest absolute Gasteiger partial charge is 0.399 e. The monoisotopic (exact) mass is 286 g/mol. The molecule has 1 saturated carbocycles. The van der Waals surface area contributed by atoms with Crippen LogP contribution < -0.4 is 11.1 Å². The average Bonchev–Trinajstić information content (AvgIpc) is 2.49. The second-order valence-electron chi connectivity index (χ2n) is 6.21. The fraction of sp³-hybridized carbons (Fsp3) is 0.500. The van der Waals surface area contributed by atoms with Gasteiger partial charge in [0, 0.05) is 18.3 Å². The summed E-state index contributed by atoms with van der Waals surface area (Å²) in [5.74, 6) is 1.66. The number of rotatable bonds is 5. The van der Waals surface area contributed by atoms with Crippen LogP contribution in [0.5, 0.6) is 0 Å². The molecule has 1 aromatic rings. The first kappa shape index (κ1) is 15.6. The van der Waals surface area contributed by atoms with Gasteiger partial charge in [-0.3, -0.25) is 4.79 Å². The standard InChI is InChI=1S/C18H26N2O/c1-14-2-4-16(5-3-14)12-13-20-18(21)11-8-15-6-9-17(19)10-7-15/h6-11,14,16H,2-5,12-13,19H2,1H3,(H,20,21)/b11-8+. The molecule has 1 aliphatic rings. The first-order valence-electron chi connectivity index (χ1n) is 7.95. The second kappa shape index (κ2) is 7.87. The smallest absolute Gasteiger partial charge is 0.243 e. The minimum absolute atomic E-state index is 0.0176. The van der Waals surface area contributed by atoms with Crippen molar-refractivity contribution >= 4 is 17.7 Å². The van der Waals surface area contributed by atoms with Gasteiger partial charge >= 0.3 is 0 Å². The van der Waals surface area contributed by atoms with E-state index in [0.29, 0.717) is 0 Å². The molecular formula is C18H26N2O. The molecule has 3 nitrogen and oxygen atoms in total. The van der Waals surface area contributed by atoms with E-state index in [4.69, 9.17) is 5.73 Å². The zero-order valence-corrected chi connectivity index (χ0v) is 12.8. The lowest BCUT2D eigenvalue weighted by Gasteiger charge is -2.25. The van der Waals surface area contributed by atoms with Crippen molar-refractivity contribution < 1.29 is 4.79 Å². The van der Waals surface area contributed by atoms with Gasteiger partial charge in [-0.15, -0.1) is 0 Å². The molecule has 0 atom stereocenters. The van der Waals surface area contributed by atoms with Crippen molar-refractivity contribution in [2.24, 2.45) is 11.8 Å². The molecule has 1 aromatic carbocycles. The summed E-state index contributed by atoms with van der Waals surface area (Å²) < 4.78 is 0. The summed E-state index contributed by atoms with van der Waals surface area (Å²) in [6.45, 7) is 3.12. The van der Waals surface area contributed by atoms with E-state index in [1.165, 1.54) is 25.7 Å². The number of benzene rings is 1. The highest BCUT2D eigenvalue weighted by molar-refractivity contribution is 5.91. The van der Waals surface area contributed by atoms with Crippen molar-refractivity contribution in [1.29, 1.82) is 0 Å². The van der Waals surface area contributed by atoms with Gasteiger partial charge < -0.3 is 11.1 Å². The van der Waals surface area contributed by atoms with Crippen molar-refractivity contribution in [3.8, 4) is 0 Å². The third-order valence-corrected chi connectivity index (χ3v) is 4.35. The molecule has 0 saturated heterocycles. The number of anilines is 1. The minimum Gasteiger partial charge on any atom is -0.399 e. The highest BCUT2D eigenvalue weighted by Gasteiger charge is 2.17. The third kappa shape index (κ3) is 5.62. The van der Waals surface area contributed by atoms with Gasteiger partial charge in [0.1, 0.15) is 0 Å². The van der Waals surface area contributed by atoms with Crippen LogP contribution in [0.4, 0.5) is 5.69 Å². The molecule has 0 unspecified atom stereocenters. The predicted octanol–water partition coefficient (Wildman–Crippen LogP) is 3.61. The maximum atomic E-state index is 11.8. The Morgan fingerprint density at radius 1 is 1.24 bits per heavy atom. The van der Waals surface area contributed by atoms with Crippen LogP contribution in [0.1, 0.15) is 44.6 Å². The van der Waals surface area contributed by atoms with Gasteiger partial charge in [0.2, 0.25) is 5.91 Å². The van der Waals surface area contributed by atoms with Gasteiger partial charge in [0.25, 0.3) is 0 Å². The molecule has 0 aromatic heterocycles. The van der Waals surface area contributed by atoms with Crippen LogP contribution in [0.15, 0.2) is 30.3 Å². The highest BCUT2D eigenvalue weighted by Crippen LogP contribution is 2.29. The summed E-state index contributed by atoms with van der Waals surface area (Å²) in [6, 6.07) is 7.48. The topological polar surface area (TPSA) is 55.1 Å². The highest BCUT2D eigenvalue weighted by atomic mass is 16.1. The molecule has 0 radical (unpaired) electrons. The number of nitrogens with two attached hydrogens (primary N) is 1. The Balaban J connectivity index is 1.66. The first-order chi connectivity index (χ1) is 10.1. The van der Waals surface area contributed by atoms with Crippen molar-refractivity contribution in [1.82, 2.24) is 5.32 Å². The first-order valence-corrected chi connectivity index (χ1v) is 7.95. The van der Waals surface area contributed by atoms with Crippen LogP contribution in [-0.4, -0.2) is 12.5 Å². The average molecular weight is 286 g/mol. The molecule has 0 spiro atoms. The van der Waals surface area contributed by atoms with Gasteiger partial charge in [-0.2, -0.15) is 0 Å². The fourth-order valence-electron chi connectivity index (χ4n) is 2.86. The van der Waals surface area contributed by atoms with Crippen LogP contribution in [0.2, 0.25) is 0 Å². The summed E-state index contributed by atoms with van der Waals surface area (Å²) in [7, 11) is 0. The number of hydrogen-bond acceptors (Lipinski definition) is 2. The fourth-order valence-corrected chi connectivity index (χ4v) is 2.86. The van der Waals surface area contributed by atoms with Gasteiger partial charge in [-0.05, 0) is 42.0 Å². The van der Waals surface area contributed by atoms with Crippen molar-refractivity contribution in [3.05, 3.63) is 35.9 Å². The molecule has 114 valence electrons. The number of carbonyl (C=O) groups excluding carboxylic acids is 1. The number of carbonyl (C=O) groups is 1. The van der Waals surface area contributed by atoms with E-state index in [0.717, 1.165) is 36.1 Å². The van der Waals surface area contributed by atoms with Gasteiger partial charge in [0.15, 0.2) is 0 Å². The lowest BCUT2D eigenvalue weighted by atomic mass is 9.81. The van der Waals surface area contributed by atoms with Crippen LogP contribution in [0.3, 0.4) is 0 Å². The van der Waals surface area contributed by atoms with Crippen molar-refractivity contribution in [3.63, 3.8) is 0 Å². The molecule has 21 heavy (non-hydrogen) atoms. The Bertz CT molecular complexity index is 470. The SMILES string of the molecule is CC1CCC(CCNC(=O)/C=C/c2ccc(N)cc2)CC1. The molecule has 3 heteroatoms. The molecule has 1 aliphatic carbocycles. The lowest BCUT2D eigenvalue weighted by molar-refractivity contribution is -0.116. The Morgan fingerprint density at radius 2 is 1.90 bits per heavy atom. The maximum absolute atomic E-state index is 11.8. The van der Waals surface area contributed by atoms with Gasteiger partial charge in [0.05, 0.1) is 0 Å². The molecule has 1 amide bonds. The van der Waals surface area contributed by atoms with E-state index in [-0.39, 0.29) is 5.91 Å². The summed E-state index contributed by atoms with van der Waals surface area (Å²) in [5, 5.41) is 2.97. The molecule has 0 bridgehead atoms. The van der Waals surface area contributed by atoms with Crippen LogP contribution >= 0.6 is 0 Å². The van der Waals surface area contributed by atoms with E-state index < -0.39 is 0 Å². The zero-order chi connectivity index (χ0) is 15.1. The summed E-state index contributed by atoms with van der Waals surface area (Å²) in [5.41, 5.74) is 7.35. The molecular weight excluding hydrogens is 260 g/mol. The molecule has 0 heterocycles. The van der Waals surface area contributed by atoms with Crippen molar-refractivity contribution in [2.75, 3.05) is 12.3 Å². The van der Waals surface area contributed by atoms with Gasteiger partial charge in [-0.1, -0.05) is 44.7 Å². The summed E-state index contributed by atoms with van der Waals surface area (Å²) in [6.07, 6.45) is 9.83. The summed E-state index contributed by atoms with van der Waals surface area (Å²) in [4.78, 5) is 11.8. The quantitative estimate of drug-likeness (QED) is 0.641. The van der Waals surface area contributed by atoms with Crippen molar-refractivity contribution in [2.45, 2.75) is 39.0 Å². The third-order valence-electron chi connectivity index (χ3n) is 4.35. The number of nitrogens with one attached hydrogen (secondary N) is 1. The Kier molecular flexibility index (Phi) is 5.85. The predicted molar refractivity (Wildman–Crippen MR) is 88.6 cm³/mol. The van der Waals surface area contributed by atoms with Gasteiger partial charge in [-0.25, -0.2) is 0 Å². The molecule has 1 fully saturated rings. The van der Waals surface area contributed by atoms with E-state index in [1.807, 2.05) is 30.3 Å². The van der Waals surface area contributed by atoms with E-state index in [9.17, 15) is 4.79 Å². The number of hydrogen-bond donors (Lipinski definition) is 2. The minimum atomic E-state index is -0.0176. The summed E-state index contributed by atoms with van der Waals surface area (Å²) >= 11 is 0. The number of amides is 1. The lowest BCUT2D eigenvalue weighted by Crippen LogP contribution is -2.25. The Hall–Kier alpha value is -1.77. The Morgan fingerprint density at radius 3 is 2.57 bits per heavy atom. The van der Waals surface area contributed by atoms with E-state index >= 15 is 0 Å². The second-order valence-corrected chi connectivity index (χ2v) is 6.21. The van der Waals surface area contributed by atoms with E-state index in [2.05, 4.69) is 12.2 Å². The molecule has 3 N–H and O–H groups in total. The number of nitrogen functional groups attached to an aromatic ring is 1. The molecule has 0 aliphatic heterocycles. The van der Waals surface area contributed by atoms with E-state index in [1.54, 1.807) is 6.08 Å². The molecule has 2 rings (SSSR count). The van der Waals surface area contributed by atoms with Crippen LogP contribution in [0.25, 0.3) is 6.08 Å². The zero-order valence-electron chi connectivity index (χ0n) is 12.8. The normalized spacial score (nSPS) is 22.3.